The maximum atomic E-state index is 14.2. The molecule has 2 aromatic heterocycles. The molecule has 3 N–H and O–H groups in total. The van der Waals surface area contributed by atoms with Crippen molar-refractivity contribution in [1.29, 1.82) is 0 Å². The number of nitrogens with one attached hydrogen (secondary N) is 2. The van der Waals surface area contributed by atoms with E-state index in [0.717, 1.165) is 11.3 Å². The van der Waals surface area contributed by atoms with Crippen LogP contribution in [-0.4, -0.2) is 16.0 Å². The number of thiazole rings is 1. The number of benzene rings is 2. The topological polar surface area (TPSA) is 95.3 Å². The van der Waals surface area contributed by atoms with Gasteiger partial charge >= 0.3 is 4.87 Å². The minimum Gasteiger partial charge on any atom is -0.494 e. The van der Waals surface area contributed by atoms with E-state index >= 15 is 0 Å². The van der Waals surface area contributed by atoms with Gasteiger partial charge in [-0.05, 0) is 29.8 Å². The number of halogens is 2. The van der Waals surface area contributed by atoms with E-state index in [0.29, 0.717) is 32.0 Å². The number of amides is 1. The fraction of sp³-hybridized carbons (Fsp3) is 0.100. The molecule has 0 bridgehead atoms. The molecular formula is C20H14ClFN2O4S. The number of aromatic amines is 1. The Bertz CT molecular complexity index is 1280. The third-order valence-corrected chi connectivity index (χ3v) is 5.62. The van der Waals surface area contributed by atoms with Crippen molar-refractivity contribution < 1.29 is 18.7 Å². The number of carbonyl (C=O) groups is 1. The van der Waals surface area contributed by atoms with Crippen LogP contribution in [0.5, 0.6) is 5.88 Å². The maximum absolute atomic E-state index is 14.2. The molecule has 0 radical (unpaired) electrons. The summed E-state index contributed by atoms with van der Waals surface area (Å²) in [5.41, 5.74) is 1.64. The Morgan fingerprint density at radius 2 is 2.10 bits per heavy atom. The van der Waals surface area contributed by atoms with E-state index in [4.69, 9.17) is 16.0 Å². The Kier molecular flexibility index (Phi) is 5.12. The molecule has 0 fully saturated rings. The number of furan rings is 1. The summed E-state index contributed by atoms with van der Waals surface area (Å²) in [5.74, 6) is -1.09. The summed E-state index contributed by atoms with van der Waals surface area (Å²) in [6.07, 6.45) is 1.71. The second kappa shape index (κ2) is 7.73. The van der Waals surface area contributed by atoms with Crippen molar-refractivity contribution in [2.45, 2.75) is 13.0 Å². The van der Waals surface area contributed by atoms with Crippen LogP contribution in [0.4, 0.5) is 4.39 Å². The average molecular weight is 433 g/mol. The molecule has 1 amide bonds. The zero-order chi connectivity index (χ0) is 20.5. The van der Waals surface area contributed by atoms with Gasteiger partial charge in [0.1, 0.15) is 11.4 Å². The number of hydrogen-bond donors (Lipinski definition) is 3. The molecule has 9 heteroatoms. The van der Waals surface area contributed by atoms with Gasteiger partial charge in [0.25, 0.3) is 5.91 Å². The molecule has 2 aromatic carbocycles. The summed E-state index contributed by atoms with van der Waals surface area (Å²) < 4.78 is 19.6. The van der Waals surface area contributed by atoms with Crippen molar-refractivity contribution in [2.75, 3.05) is 0 Å². The smallest absolute Gasteiger partial charge is 0.307 e. The van der Waals surface area contributed by atoms with E-state index < -0.39 is 11.7 Å². The van der Waals surface area contributed by atoms with Crippen LogP contribution in [0.25, 0.3) is 11.0 Å². The number of aromatic hydroxyl groups is 1. The lowest BCUT2D eigenvalue weighted by atomic mass is 10.1. The zero-order valence-electron chi connectivity index (χ0n) is 14.8. The van der Waals surface area contributed by atoms with Crippen LogP contribution in [-0.2, 0) is 13.0 Å². The van der Waals surface area contributed by atoms with Crippen LogP contribution in [0.1, 0.15) is 26.4 Å². The molecular weight excluding hydrogens is 419 g/mol. The van der Waals surface area contributed by atoms with Crippen LogP contribution < -0.4 is 10.2 Å². The van der Waals surface area contributed by atoms with Gasteiger partial charge in [0.05, 0.1) is 21.7 Å². The fourth-order valence-corrected chi connectivity index (χ4v) is 3.98. The van der Waals surface area contributed by atoms with Gasteiger partial charge in [-0.3, -0.25) is 14.6 Å². The number of rotatable bonds is 5. The minimum atomic E-state index is -0.472. The Morgan fingerprint density at radius 3 is 2.86 bits per heavy atom. The van der Waals surface area contributed by atoms with Gasteiger partial charge in [0, 0.05) is 23.9 Å². The molecule has 4 aromatic rings. The number of hydrogen-bond acceptors (Lipinski definition) is 5. The Hall–Kier alpha value is -3.10. The molecule has 148 valence electrons. The van der Waals surface area contributed by atoms with Gasteiger partial charge in [-0.15, -0.1) is 0 Å². The summed E-state index contributed by atoms with van der Waals surface area (Å²) >= 11 is 6.98. The van der Waals surface area contributed by atoms with Crippen molar-refractivity contribution in [3.8, 4) is 5.88 Å². The fourth-order valence-electron chi connectivity index (χ4n) is 3.01. The molecule has 2 heterocycles. The molecule has 0 saturated carbocycles. The van der Waals surface area contributed by atoms with E-state index in [2.05, 4.69) is 10.3 Å². The van der Waals surface area contributed by atoms with E-state index in [1.807, 2.05) is 0 Å². The predicted octanol–water partition coefficient (Wildman–Crippen LogP) is 4.20. The van der Waals surface area contributed by atoms with Gasteiger partial charge in [-0.1, -0.05) is 35.1 Å². The van der Waals surface area contributed by atoms with Crippen molar-refractivity contribution in [1.82, 2.24) is 10.3 Å². The van der Waals surface area contributed by atoms with E-state index in [-0.39, 0.29) is 29.3 Å². The van der Waals surface area contributed by atoms with E-state index in [1.165, 1.54) is 12.3 Å². The molecule has 0 atom stereocenters. The van der Waals surface area contributed by atoms with E-state index in [9.17, 15) is 19.1 Å². The van der Waals surface area contributed by atoms with Crippen molar-refractivity contribution in [3.05, 3.63) is 84.7 Å². The van der Waals surface area contributed by atoms with Crippen LogP contribution >= 0.6 is 22.9 Å². The molecule has 0 spiro atoms. The van der Waals surface area contributed by atoms with Crippen molar-refractivity contribution in [3.63, 3.8) is 0 Å². The van der Waals surface area contributed by atoms with Crippen LogP contribution in [0.15, 0.2) is 51.9 Å². The summed E-state index contributed by atoms with van der Waals surface area (Å²) in [6.45, 7) is -0.0430. The minimum absolute atomic E-state index is 0.0430. The molecule has 4 rings (SSSR count). The monoisotopic (exact) mass is 432 g/mol. The highest BCUT2D eigenvalue weighted by Crippen LogP contribution is 2.27. The summed E-state index contributed by atoms with van der Waals surface area (Å²) in [4.78, 5) is 26.3. The Balaban J connectivity index is 1.52. The van der Waals surface area contributed by atoms with Gasteiger partial charge in [0.15, 0.2) is 0 Å². The normalized spacial score (nSPS) is 11.1. The lowest BCUT2D eigenvalue weighted by Crippen LogP contribution is -2.23. The summed E-state index contributed by atoms with van der Waals surface area (Å²) in [6, 6.07) is 9.26. The number of H-pyrrole nitrogens is 1. The second-order valence-corrected chi connectivity index (χ2v) is 7.80. The summed E-state index contributed by atoms with van der Waals surface area (Å²) in [5, 5.41) is 13.5. The van der Waals surface area contributed by atoms with Crippen molar-refractivity contribution >= 4 is 39.8 Å². The average Bonchev–Trinajstić information content (AvgIpc) is 3.29. The highest BCUT2D eigenvalue weighted by atomic mass is 35.5. The van der Waals surface area contributed by atoms with Gasteiger partial charge in [-0.25, -0.2) is 4.39 Å². The Labute approximate surface area is 172 Å². The lowest BCUT2D eigenvalue weighted by molar-refractivity contribution is 0.0951. The van der Waals surface area contributed by atoms with E-state index in [1.54, 1.807) is 30.3 Å². The second-order valence-electron chi connectivity index (χ2n) is 6.33. The number of aromatic nitrogens is 1. The molecule has 29 heavy (non-hydrogen) atoms. The van der Waals surface area contributed by atoms with Gasteiger partial charge in [0.2, 0.25) is 5.88 Å². The number of fused-ring (bicyclic) bond motifs is 1. The van der Waals surface area contributed by atoms with Crippen molar-refractivity contribution in [2.24, 2.45) is 0 Å². The molecule has 0 unspecified atom stereocenters. The molecule has 0 saturated heterocycles. The van der Waals surface area contributed by atoms with Crippen LogP contribution in [0.3, 0.4) is 0 Å². The molecule has 0 aliphatic carbocycles. The first-order chi connectivity index (χ1) is 13.9. The molecule has 0 aliphatic rings. The predicted molar refractivity (Wildman–Crippen MR) is 108 cm³/mol. The van der Waals surface area contributed by atoms with Crippen LogP contribution in [0, 0.1) is 5.82 Å². The lowest BCUT2D eigenvalue weighted by Gasteiger charge is -2.09. The first-order valence-electron chi connectivity index (χ1n) is 8.54. The first kappa shape index (κ1) is 19.2. The SMILES string of the molecule is O=C(NCc1cc(Cc2sc(=O)[nH]c2O)ccc1F)c1ccc(Cl)c2ccoc12. The highest BCUT2D eigenvalue weighted by molar-refractivity contribution is 7.09. The highest BCUT2D eigenvalue weighted by Gasteiger charge is 2.16. The third-order valence-electron chi connectivity index (χ3n) is 4.42. The molecule has 6 nitrogen and oxygen atoms in total. The first-order valence-corrected chi connectivity index (χ1v) is 9.74. The van der Waals surface area contributed by atoms with Gasteiger partial charge in [-0.2, -0.15) is 0 Å². The Morgan fingerprint density at radius 1 is 1.28 bits per heavy atom. The number of carbonyl (C=O) groups excluding carboxylic acids is 1. The standard InChI is InChI=1S/C20H14ClFN2O4S/c21-14-3-2-13(17-12(14)5-6-28-17)18(25)23-9-11-7-10(1-4-15(11)22)8-16-19(26)24-20(27)29-16/h1-7,26H,8-9H2,(H,23,25)(H,24,27). The quantitative estimate of drug-likeness (QED) is 0.440. The zero-order valence-corrected chi connectivity index (χ0v) is 16.4. The summed E-state index contributed by atoms with van der Waals surface area (Å²) in [7, 11) is 0. The largest absolute Gasteiger partial charge is 0.494 e. The van der Waals surface area contributed by atoms with Gasteiger partial charge < -0.3 is 14.8 Å². The third kappa shape index (κ3) is 3.90. The van der Waals surface area contributed by atoms with Crippen LogP contribution in [0.2, 0.25) is 5.02 Å². The maximum Gasteiger partial charge on any atom is 0.307 e. The molecule has 0 aliphatic heterocycles.